The summed E-state index contributed by atoms with van der Waals surface area (Å²) >= 11 is 0. The van der Waals surface area contributed by atoms with Crippen LogP contribution in [-0.2, 0) is 19.2 Å². The second-order valence-electron chi connectivity index (χ2n) is 3.30. The number of hydrogen-bond donors (Lipinski definition) is 0. The zero-order chi connectivity index (χ0) is 9.97. The molecular formula is C8H10O6. The van der Waals surface area contributed by atoms with Crippen molar-refractivity contribution in [2.75, 3.05) is 0 Å². The molecule has 6 heteroatoms. The lowest BCUT2D eigenvalue weighted by Gasteiger charge is -2.02. The van der Waals surface area contributed by atoms with Crippen molar-refractivity contribution in [2.45, 2.75) is 37.9 Å². The van der Waals surface area contributed by atoms with Crippen LogP contribution in [0.15, 0.2) is 0 Å². The molecule has 0 unspecified atom stereocenters. The molecule has 6 nitrogen and oxygen atoms in total. The highest BCUT2D eigenvalue weighted by Crippen LogP contribution is 2.25. The van der Waals surface area contributed by atoms with Crippen LogP contribution in [0.4, 0.5) is 9.59 Å². The zero-order valence-electron chi connectivity index (χ0n) is 7.43. The van der Waals surface area contributed by atoms with Gasteiger partial charge in [-0.15, -0.1) is 0 Å². The molecule has 0 bridgehead atoms. The summed E-state index contributed by atoms with van der Waals surface area (Å²) in [7, 11) is 0. The van der Waals surface area contributed by atoms with Crippen LogP contribution < -0.4 is 0 Å². The summed E-state index contributed by atoms with van der Waals surface area (Å²) in [6.45, 7) is 0. The molecule has 0 aliphatic heterocycles. The van der Waals surface area contributed by atoms with Gasteiger partial charge < -0.3 is 9.47 Å². The maximum Gasteiger partial charge on any atom is 0.550 e. The fourth-order valence-corrected chi connectivity index (χ4v) is 0.751. The zero-order valence-corrected chi connectivity index (χ0v) is 7.43. The Morgan fingerprint density at radius 3 is 1.43 bits per heavy atom. The molecule has 2 rings (SSSR count). The molecule has 0 radical (unpaired) electrons. The van der Waals surface area contributed by atoms with E-state index in [1.165, 1.54) is 0 Å². The van der Waals surface area contributed by atoms with E-state index >= 15 is 0 Å². The molecule has 0 aromatic heterocycles. The van der Waals surface area contributed by atoms with Crippen molar-refractivity contribution in [1.82, 2.24) is 0 Å². The molecule has 2 aliphatic rings. The standard InChI is InChI=1S/C8H10O6/c9-7(11-5-1-2-5)13-14-8(10)12-6-3-4-6/h5-6H,1-4H2. The molecule has 0 atom stereocenters. The average molecular weight is 202 g/mol. The Labute approximate surface area is 80.0 Å². The van der Waals surface area contributed by atoms with Gasteiger partial charge in [0, 0.05) is 0 Å². The third kappa shape index (κ3) is 3.12. The second-order valence-corrected chi connectivity index (χ2v) is 3.30. The Bertz CT molecular complexity index is 216. The molecule has 0 spiro atoms. The van der Waals surface area contributed by atoms with Gasteiger partial charge in [-0.25, -0.2) is 0 Å². The third-order valence-corrected chi connectivity index (χ3v) is 1.75. The van der Waals surface area contributed by atoms with Crippen LogP contribution in [0.1, 0.15) is 25.7 Å². The van der Waals surface area contributed by atoms with E-state index in [1.807, 2.05) is 0 Å². The summed E-state index contributed by atoms with van der Waals surface area (Å²) in [6, 6.07) is 0. The highest BCUT2D eigenvalue weighted by atomic mass is 17.3. The van der Waals surface area contributed by atoms with E-state index in [9.17, 15) is 9.59 Å². The molecule has 0 amide bonds. The van der Waals surface area contributed by atoms with Gasteiger partial charge in [-0.1, -0.05) is 0 Å². The largest absolute Gasteiger partial charge is 0.550 e. The Kier molecular flexibility index (Phi) is 2.43. The summed E-state index contributed by atoms with van der Waals surface area (Å²) in [5, 5.41) is 0. The Hall–Kier alpha value is -1.46. The molecular weight excluding hydrogens is 192 g/mol. The normalized spacial score (nSPS) is 19.7. The molecule has 0 saturated heterocycles. The molecule has 78 valence electrons. The fourth-order valence-electron chi connectivity index (χ4n) is 0.751. The van der Waals surface area contributed by atoms with E-state index in [4.69, 9.17) is 0 Å². The van der Waals surface area contributed by atoms with Gasteiger partial charge in [-0.2, -0.15) is 19.4 Å². The lowest BCUT2D eigenvalue weighted by Crippen LogP contribution is -2.15. The van der Waals surface area contributed by atoms with E-state index in [1.54, 1.807) is 0 Å². The highest BCUT2D eigenvalue weighted by molar-refractivity contribution is 5.64. The van der Waals surface area contributed by atoms with Crippen molar-refractivity contribution in [1.29, 1.82) is 0 Å². The molecule has 2 saturated carbocycles. The molecule has 2 aliphatic carbocycles. The highest BCUT2D eigenvalue weighted by Gasteiger charge is 2.30. The molecule has 14 heavy (non-hydrogen) atoms. The van der Waals surface area contributed by atoms with Crippen LogP contribution in [0.5, 0.6) is 0 Å². The van der Waals surface area contributed by atoms with Crippen molar-refractivity contribution < 1.29 is 28.8 Å². The lowest BCUT2D eigenvalue weighted by atomic mass is 10.8. The lowest BCUT2D eigenvalue weighted by molar-refractivity contribution is -0.219. The van der Waals surface area contributed by atoms with Crippen LogP contribution in [0, 0.1) is 0 Å². The minimum atomic E-state index is -1.000. The quantitative estimate of drug-likeness (QED) is 0.384. The van der Waals surface area contributed by atoms with E-state index < -0.39 is 12.3 Å². The molecule has 0 aromatic carbocycles. The molecule has 0 N–H and O–H groups in total. The van der Waals surface area contributed by atoms with Crippen molar-refractivity contribution in [3.05, 3.63) is 0 Å². The van der Waals surface area contributed by atoms with Crippen LogP contribution in [0.2, 0.25) is 0 Å². The van der Waals surface area contributed by atoms with E-state index in [0.717, 1.165) is 25.7 Å². The number of carbonyl (C=O) groups excluding carboxylic acids is 2. The van der Waals surface area contributed by atoms with Gasteiger partial charge in [0.05, 0.1) is 0 Å². The smallest absolute Gasteiger partial charge is 0.428 e. The maximum absolute atomic E-state index is 10.7. The Morgan fingerprint density at radius 1 is 0.786 bits per heavy atom. The summed E-state index contributed by atoms with van der Waals surface area (Å²) in [5.41, 5.74) is 0. The minimum absolute atomic E-state index is 0.0782. The van der Waals surface area contributed by atoms with E-state index in [0.29, 0.717) is 0 Å². The van der Waals surface area contributed by atoms with Gasteiger partial charge in [0.1, 0.15) is 12.2 Å². The van der Waals surface area contributed by atoms with Gasteiger partial charge in [0.15, 0.2) is 0 Å². The van der Waals surface area contributed by atoms with Crippen LogP contribution in [-0.4, -0.2) is 24.5 Å². The topological polar surface area (TPSA) is 71.1 Å². The van der Waals surface area contributed by atoms with Crippen LogP contribution in [0.25, 0.3) is 0 Å². The SMILES string of the molecule is O=C(OOC(=O)OC1CC1)OC1CC1. The first-order valence-electron chi connectivity index (χ1n) is 4.50. The summed E-state index contributed by atoms with van der Waals surface area (Å²) in [4.78, 5) is 29.5. The van der Waals surface area contributed by atoms with Crippen molar-refractivity contribution in [2.24, 2.45) is 0 Å². The van der Waals surface area contributed by atoms with Gasteiger partial charge >= 0.3 is 12.3 Å². The number of carbonyl (C=O) groups is 2. The number of rotatable bonds is 2. The summed E-state index contributed by atoms with van der Waals surface area (Å²) in [6.07, 6.45) is 1.18. The fraction of sp³-hybridized carbons (Fsp3) is 0.750. The molecule has 0 aromatic rings. The third-order valence-electron chi connectivity index (χ3n) is 1.75. The second kappa shape index (κ2) is 3.73. The van der Waals surface area contributed by atoms with Gasteiger partial charge in [-0.05, 0) is 25.7 Å². The van der Waals surface area contributed by atoms with Gasteiger partial charge in [0.2, 0.25) is 0 Å². The molecule has 0 heterocycles. The average Bonchev–Trinajstić information content (AvgIpc) is 2.96. The maximum atomic E-state index is 10.7. The Balaban J connectivity index is 1.55. The summed E-state index contributed by atoms with van der Waals surface area (Å²) < 4.78 is 9.28. The predicted molar refractivity (Wildman–Crippen MR) is 41.2 cm³/mol. The van der Waals surface area contributed by atoms with E-state index in [2.05, 4.69) is 19.2 Å². The van der Waals surface area contributed by atoms with Gasteiger partial charge in [0.25, 0.3) is 0 Å². The molecule has 2 fully saturated rings. The number of hydrogen-bond acceptors (Lipinski definition) is 6. The van der Waals surface area contributed by atoms with Crippen molar-refractivity contribution in [3.63, 3.8) is 0 Å². The van der Waals surface area contributed by atoms with Gasteiger partial charge in [-0.3, -0.25) is 0 Å². The predicted octanol–water partition coefficient (Wildman–Crippen LogP) is 1.53. The van der Waals surface area contributed by atoms with Crippen LogP contribution in [0.3, 0.4) is 0 Å². The first-order valence-corrected chi connectivity index (χ1v) is 4.50. The first-order chi connectivity index (χ1) is 6.74. The minimum Gasteiger partial charge on any atom is -0.428 e. The monoisotopic (exact) mass is 202 g/mol. The van der Waals surface area contributed by atoms with Crippen molar-refractivity contribution >= 4 is 12.3 Å². The first kappa shape index (κ1) is 9.11. The Morgan fingerprint density at radius 2 is 1.14 bits per heavy atom. The van der Waals surface area contributed by atoms with Crippen molar-refractivity contribution in [3.8, 4) is 0 Å². The summed E-state index contributed by atoms with van der Waals surface area (Å²) in [5.74, 6) is 0. The van der Waals surface area contributed by atoms with Crippen LogP contribution >= 0.6 is 0 Å². The van der Waals surface area contributed by atoms with E-state index in [-0.39, 0.29) is 12.2 Å². The number of ether oxygens (including phenoxy) is 2.